The highest BCUT2D eigenvalue weighted by Crippen LogP contribution is 2.62. The number of oxime groups is 1. The molecule has 1 aliphatic heterocycles. The van der Waals surface area contributed by atoms with Gasteiger partial charge in [0, 0.05) is 43.7 Å². The lowest BCUT2D eigenvalue weighted by Crippen LogP contribution is -2.70. The van der Waals surface area contributed by atoms with Crippen molar-refractivity contribution in [3.05, 3.63) is 102 Å². The average molecular weight is 900 g/mol. The first-order valence-corrected chi connectivity index (χ1v) is 22.6. The number of carbonyl (C=O) groups excluding carboxylic acids is 2. The van der Waals surface area contributed by atoms with Gasteiger partial charge >= 0.3 is 12.2 Å². The molecule has 6 rings (SSSR count). The second-order valence-corrected chi connectivity index (χ2v) is 16.4. The van der Waals surface area contributed by atoms with Crippen molar-refractivity contribution < 1.29 is 57.8 Å². The standard InChI is InChI=1S/C50H65N3O12/c1-6-23-53(49(57)62-28-27-61-33-34-15-9-8-10-16-34)45-32-42(52-60-5)39-29-35(17-11-13-24-54)38(18-12-14-25-55)46-40-30-37(20-22-43(40)65-50(45,47(39)46)63-26-7-2)64-48(56)51-41-21-19-36(58-3)31-44(41)59-4/h7-10,15-16,19-22,29-31,35,38,45-47,54-55H,2,6,11-14,17-18,23-28,32-33H2,1,3-5H3,(H,51,56)/t35-,38+,45-,46+,47+,50+/m0/s1. The molecule has 2 amide bonds. The van der Waals surface area contributed by atoms with Gasteiger partial charge < -0.3 is 48.2 Å². The molecule has 1 saturated carbocycles. The van der Waals surface area contributed by atoms with Gasteiger partial charge in [-0.15, -0.1) is 6.58 Å². The summed E-state index contributed by atoms with van der Waals surface area (Å²) in [4.78, 5) is 35.2. The van der Waals surface area contributed by atoms with Crippen molar-refractivity contribution in [2.24, 2.45) is 22.9 Å². The van der Waals surface area contributed by atoms with Crippen LogP contribution in [0.5, 0.6) is 23.0 Å². The molecule has 2 aliphatic carbocycles. The molecule has 0 saturated heterocycles. The molecule has 352 valence electrons. The second-order valence-electron chi connectivity index (χ2n) is 16.4. The number of aliphatic hydroxyl groups is 2. The van der Waals surface area contributed by atoms with E-state index >= 15 is 0 Å². The van der Waals surface area contributed by atoms with Gasteiger partial charge in [-0.1, -0.05) is 67.4 Å². The zero-order valence-corrected chi connectivity index (χ0v) is 38.1. The van der Waals surface area contributed by atoms with Crippen LogP contribution in [0, 0.1) is 17.8 Å². The topological polar surface area (TPSA) is 176 Å². The number of unbranched alkanes of at least 4 members (excludes halogenated alkanes) is 2. The summed E-state index contributed by atoms with van der Waals surface area (Å²) >= 11 is 0. The average Bonchev–Trinajstić information content (AvgIpc) is 3.32. The van der Waals surface area contributed by atoms with E-state index in [9.17, 15) is 19.8 Å². The van der Waals surface area contributed by atoms with Gasteiger partial charge in [-0.3, -0.25) is 10.2 Å². The van der Waals surface area contributed by atoms with E-state index in [2.05, 4.69) is 23.1 Å². The predicted octanol–water partition coefficient (Wildman–Crippen LogP) is 8.64. The van der Waals surface area contributed by atoms with Gasteiger partial charge in [-0.25, -0.2) is 9.59 Å². The summed E-state index contributed by atoms with van der Waals surface area (Å²) in [5.74, 6) is -0.619. The van der Waals surface area contributed by atoms with Crippen LogP contribution in [-0.4, -0.2) is 106 Å². The third kappa shape index (κ3) is 11.6. The monoisotopic (exact) mass is 899 g/mol. The predicted molar refractivity (Wildman–Crippen MR) is 246 cm³/mol. The molecule has 0 aromatic heterocycles. The van der Waals surface area contributed by atoms with E-state index in [0.29, 0.717) is 61.1 Å². The lowest BCUT2D eigenvalue weighted by atomic mass is 9.55. The van der Waals surface area contributed by atoms with Gasteiger partial charge in [0.1, 0.15) is 42.8 Å². The van der Waals surface area contributed by atoms with Crippen molar-refractivity contribution in [3.8, 4) is 23.0 Å². The third-order valence-electron chi connectivity index (χ3n) is 12.3. The Bertz CT molecular complexity index is 2100. The van der Waals surface area contributed by atoms with Gasteiger partial charge in [0.25, 0.3) is 0 Å². The van der Waals surface area contributed by atoms with Crippen molar-refractivity contribution in [1.82, 2.24) is 4.90 Å². The number of amides is 2. The number of aliphatic hydroxyl groups excluding tert-OH is 2. The fraction of sp³-hybridized carbons (Fsp3) is 0.500. The quantitative estimate of drug-likeness (QED) is 0.0444. The van der Waals surface area contributed by atoms with Crippen LogP contribution in [0.15, 0.2) is 96.2 Å². The Morgan fingerprint density at radius 2 is 1.72 bits per heavy atom. The normalized spacial score (nSPS) is 22.3. The van der Waals surface area contributed by atoms with E-state index < -0.39 is 29.9 Å². The van der Waals surface area contributed by atoms with Crippen LogP contribution in [0.1, 0.15) is 75.3 Å². The summed E-state index contributed by atoms with van der Waals surface area (Å²) in [5.41, 5.74) is 3.74. The number of allylic oxidation sites excluding steroid dienone is 1. The van der Waals surface area contributed by atoms with Gasteiger partial charge in [0.05, 0.1) is 51.4 Å². The maximum absolute atomic E-state index is 14.4. The molecule has 65 heavy (non-hydrogen) atoms. The van der Waals surface area contributed by atoms with Crippen molar-refractivity contribution in [2.45, 2.75) is 82.6 Å². The molecule has 15 nitrogen and oxygen atoms in total. The Labute approximate surface area is 382 Å². The first kappa shape index (κ1) is 48.8. The highest BCUT2D eigenvalue weighted by molar-refractivity contribution is 6.03. The third-order valence-corrected chi connectivity index (χ3v) is 12.3. The van der Waals surface area contributed by atoms with E-state index in [1.807, 2.05) is 43.3 Å². The molecule has 0 bridgehead atoms. The Hall–Kier alpha value is -5.61. The molecule has 0 spiro atoms. The maximum Gasteiger partial charge on any atom is 0.417 e. The fourth-order valence-corrected chi connectivity index (χ4v) is 9.62. The number of rotatable bonds is 24. The minimum absolute atomic E-state index is 0.0150. The largest absolute Gasteiger partial charge is 0.497 e. The number of methoxy groups -OCH3 is 2. The van der Waals surface area contributed by atoms with Gasteiger partial charge in [-0.2, -0.15) is 0 Å². The second kappa shape index (κ2) is 24.1. The Balaban J connectivity index is 1.43. The number of anilines is 1. The van der Waals surface area contributed by atoms with Crippen molar-refractivity contribution in [1.29, 1.82) is 0 Å². The van der Waals surface area contributed by atoms with E-state index in [4.69, 9.17) is 38.0 Å². The molecule has 3 aromatic rings. The minimum Gasteiger partial charge on any atom is -0.497 e. The number of benzene rings is 3. The van der Waals surface area contributed by atoms with E-state index in [1.165, 1.54) is 14.2 Å². The number of hydrogen-bond donors (Lipinski definition) is 3. The molecule has 6 atom stereocenters. The van der Waals surface area contributed by atoms with E-state index in [1.54, 1.807) is 48.4 Å². The van der Waals surface area contributed by atoms with E-state index in [-0.39, 0.29) is 63.0 Å². The van der Waals surface area contributed by atoms with E-state index in [0.717, 1.165) is 42.4 Å². The Morgan fingerprint density at radius 3 is 2.43 bits per heavy atom. The van der Waals surface area contributed by atoms with Crippen molar-refractivity contribution in [3.63, 3.8) is 0 Å². The summed E-state index contributed by atoms with van der Waals surface area (Å²) in [6.45, 7) is 7.16. The SMILES string of the molecule is C=CCO[C@@]12Oc3ccc(OC(=O)Nc4ccc(OC)cc4OC)cc3[C@H]3[C@H](CCCCO)[C@@H](CCCCO)C=C(C(=NOC)C[C@@H]1N(CCC)C(=O)OCCOCc1ccccc1)[C@H]32. The molecule has 0 unspecified atom stereocenters. The van der Waals surface area contributed by atoms with Crippen molar-refractivity contribution in [2.75, 3.05) is 66.2 Å². The van der Waals surface area contributed by atoms with Crippen LogP contribution < -0.4 is 24.3 Å². The minimum atomic E-state index is -1.47. The zero-order valence-electron chi connectivity index (χ0n) is 38.1. The molecule has 1 heterocycles. The molecule has 3 aromatic carbocycles. The molecule has 3 aliphatic rings. The highest BCUT2D eigenvalue weighted by Gasteiger charge is 2.65. The van der Waals surface area contributed by atoms with Gasteiger partial charge in [-0.05, 0) is 85.4 Å². The van der Waals surface area contributed by atoms with Gasteiger partial charge in [0.15, 0.2) is 0 Å². The first-order valence-electron chi connectivity index (χ1n) is 22.6. The summed E-state index contributed by atoms with van der Waals surface area (Å²) in [6, 6.07) is 19.4. The molecular formula is C50H65N3O12. The van der Waals surface area contributed by atoms with Crippen LogP contribution in [0.2, 0.25) is 0 Å². The van der Waals surface area contributed by atoms with Crippen molar-refractivity contribution >= 4 is 23.6 Å². The molecule has 3 N–H and O–H groups in total. The van der Waals surface area contributed by atoms with Gasteiger partial charge in [0.2, 0.25) is 5.79 Å². The summed E-state index contributed by atoms with van der Waals surface area (Å²) < 4.78 is 42.8. The number of fused-ring (bicyclic) bond motifs is 2. The van der Waals surface area contributed by atoms with Crippen LogP contribution in [0.3, 0.4) is 0 Å². The molecule has 0 radical (unpaired) electrons. The lowest BCUT2D eigenvalue weighted by molar-refractivity contribution is -0.255. The molecule has 1 fully saturated rings. The van der Waals surface area contributed by atoms with Crippen LogP contribution >= 0.6 is 0 Å². The fourth-order valence-electron chi connectivity index (χ4n) is 9.62. The summed E-state index contributed by atoms with van der Waals surface area (Å²) in [7, 11) is 4.55. The smallest absolute Gasteiger partial charge is 0.417 e. The Kier molecular flexibility index (Phi) is 18.1. The van der Waals surface area contributed by atoms with Crippen LogP contribution in [0.25, 0.3) is 0 Å². The summed E-state index contributed by atoms with van der Waals surface area (Å²) in [5, 5.41) is 27.2. The van der Waals surface area contributed by atoms with Crippen LogP contribution in [0.4, 0.5) is 15.3 Å². The summed E-state index contributed by atoms with van der Waals surface area (Å²) in [6.07, 6.45) is 7.78. The number of hydrogen-bond acceptors (Lipinski definition) is 13. The number of nitrogens with one attached hydrogen (secondary N) is 1. The number of ether oxygens (including phenoxy) is 7. The number of nitrogens with zero attached hydrogens (tertiary/aromatic N) is 2. The lowest BCUT2D eigenvalue weighted by Gasteiger charge is -2.59. The molecule has 15 heteroatoms. The number of carbonyl (C=O) groups is 2. The maximum atomic E-state index is 14.4. The molecular weight excluding hydrogens is 835 g/mol. The highest BCUT2D eigenvalue weighted by atomic mass is 16.7. The van der Waals surface area contributed by atoms with Crippen LogP contribution in [-0.2, 0) is 25.7 Å². The first-order chi connectivity index (χ1) is 31.7. The Morgan fingerprint density at radius 1 is 0.954 bits per heavy atom. The zero-order chi connectivity index (χ0) is 46.2.